The first-order valence-corrected chi connectivity index (χ1v) is 6.27. The van der Waals surface area contributed by atoms with Crippen LogP contribution < -0.4 is 10.1 Å². The molecule has 0 spiro atoms. The van der Waals surface area contributed by atoms with Crippen LogP contribution in [0.1, 0.15) is 31.2 Å². The van der Waals surface area contributed by atoms with Crippen molar-refractivity contribution in [3.8, 4) is 5.75 Å². The second kappa shape index (κ2) is 4.84. The third-order valence-electron chi connectivity index (χ3n) is 3.91. The highest BCUT2D eigenvalue weighted by Gasteiger charge is 2.55. The molecule has 0 bridgehead atoms. The van der Waals surface area contributed by atoms with E-state index in [1.807, 2.05) is 0 Å². The maximum absolute atomic E-state index is 14.4. The van der Waals surface area contributed by atoms with Crippen molar-refractivity contribution < 1.29 is 13.5 Å². The third kappa shape index (κ3) is 1.88. The lowest BCUT2D eigenvalue weighted by Gasteiger charge is -2.44. The number of hydrogen-bond donors (Lipinski definition) is 1. The van der Waals surface area contributed by atoms with E-state index in [1.165, 1.54) is 7.11 Å². The van der Waals surface area contributed by atoms with Crippen LogP contribution in [0.3, 0.4) is 0 Å². The molecule has 1 atom stereocenters. The summed E-state index contributed by atoms with van der Waals surface area (Å²) in [6.45, 7) is 0. The van der Waals surface area contributed by atoms with Crippen molar-refractivity contribution in [2.75, 3.05) is 14.2 Å². The van der Waals surface area contributed by atoms with Gasteiger partial charge >= 0.3 is 0 Å². The van der Waals surface area contributed by atoms with Gasteiger partial charge in [-0.25, -0.2) is 8.78 Å². The first-order chi connectivity index (χ1) is 8.57. The normalized spacial score (nSPS) is 26.9. The summed E-state index contributed by atoms with van der Waals surface area (Å²) in [5, 5.41) is 2.87. The van der Waals surface area contributed by atoms with Crippen LogP contribution in [0.25, 0.3) is 0 Å². The fraction of sp³-hybridized carbons (Fsp3) is 0.571. The molecule has 1 fully saturated rings. The summed E-state index contributed by atoms with van der Waals surface area (Å²) < 4.78 is 34.1. The summed E-state index contributed by atoms with van der Waals surface area (Å²) in [6.07, 6.45) is 1.73. The van der Waals surface area contributed by atoms with Gasteiger partial charge in [-0.1, -0.05) is 24.6 Å². The molecule has 18 heavy (non-hydrogen) atoms. The molecular formula is C14H19F2NO. The molecule has 4 heteroatoms. The Bertz CT molecular complexity index is 422. The Morgan fingerprint density at radius 3 is 2.44 bits per heavy atom. The van der Waals surface area contributed by atoms with E-state index in [4.69, 9.17) is 4.74 Å². The second-order valence-corrected chi connectivity index (χ2v) is 4.77. The zero-order chi connectivity index (χ0) is 13.2. The van der Waals surface area contributed by atoms with Crippen LogP contribution >= 0.6 is 0 Å². The Morgan fingerprint density at radius 1 is 1.17 bits per heavy atom. The average molecular weight is 255 g/mol. The number of hydrogen-bond acceptors (Lipinski definition) is 2. The van der Waals surface area contributed by atoms with E-state index in [0.717, 1.165) is 6.42 Å². The van der Waals surface area contributed by atoms with Crippen LogP contribution in [0, 0.1) is 0 Å². The summed E-state index contributed by atoms with van der Waals surface area (Å²) in [4.78, 5) is 0. The lowest BCUT2D eigenvalue weighted by molar-refractivity contribution is -0.120. The molecule has 0 amide bonds. The van der Waals surface area contributed by atoms with Crippen molar-refractivity contribution in [2.45, 2.75) is 37.1 Å². The molecule has 0 heterocycles. The first-order valence-electron chi connectivity index (χ1n) is 6.27. The fourth-order valence-electron chi connectivity index (χ4n) is 2.90. The van der Waals surface area contributed by atoms with E-state index >= 15 is 0 Å². The number of rotatable bonds is 3. The molecule has 1 aromatic carbocycles. The Balaban J connectivity index is 2.55. The number of benzene rings is 1. The highest BCUT2D eigenvalue weighted by atomic mass is 19.3. The molecule has 2 rings (SSSR count). The zero-order valence-corrected chi connectivity index (χ0v) is 10.8. The predicted molar refractivity (Wildman–Crippen MR) is 67.1 cm³/mol. The summed E-state index contributed by atoms with van der Waals surface area (Å²) in [6, 6.07) is 7.04. The van der Waals surface area contributed by atoms with E-state index in [9.17, 15) is 8.78 Å². The van der Waals surface area contributed by atoms with Gasteiger partial charge in [0.05, 0.1) is 7.11 Å². The molecule has 0 aromatic heterocycles. The molecule has 0 aliphatic heterocycles. The van der Waals surface area contributed by atoms with Crippen LogP contribution in [0.2, 0.25) is 0 Å². The Hall–Kier alpha value is -1.16. The number of halogens is 2. The highest BCUT2D eigenvalue weighted by Crippen LogP contribution is 2.50. The summed E-state index contributed by atoms with van der Waals surface area (Å²) in [5.41, 5.74) is -0.752. The number of ether oxygens (including phenoxy) is 1. The van der Waals surface area contributed by atoms with Crippen LogP contribution in [-0.4, -0.2) is 20.1 Å². The molecule has 1 saturated carbocycles. The Morgan fingerprint density at radius 2 is 1.83 bits per heavy atom. The number of methoxy groups -OCH3 is 1. The largest absolute Gasteiger partial charge is 0.496 e. The van der Waals surface area contributed by atoms with E-state index in [1.54, 1.807) is 31.3 Å². The maximum Gasteiger partial charge on any atom is 0.270 e. The van der Waals surface area contributed by atoms with Crippen LogP contribution in [-0.2, 0) is 5.54 Å². The predicted octanol–water partition coefficient (Wildman–Crippen LogP) is 3.32. The number of alkyl halides is 2. The van der Waals surface area contributed by atoms with Gasteiger partial charge < -0.3 is 10.1 Å². The molecule has 1 aliphatic carbocycles. The minimum Gasteiger partial charge on any atom is -0.496 e. The molecule has 100 valence electrons. The van der Waals surface area contributed by atoms with Gasteiger partial charge in [0.2, 0.25) is 0 Å². The topological polar surface area (TPSA) is 21.3 Å². The van der Waals surface area contributed by atoms with E-state index in [0.29, 0.717) is 24.2 Å². The van der Waals surface area contributed by atoms with Gasteiger partial charge in [0.25, 0.3) is 5.92 Å². The van der Waals surface area contributed by atoms with E-state index in [-0.39, 0.29) is 6.42 Å². The lowest BCUT2D eigenvalue weighted by Crippen LogP contribution is -2.56. The Labute approximate surface area is 106 Å². The zero-order valence-electron chi connectivity index (χ0n) is 10.8. The summed E-state index contributed by atoms with van der Waals surface area (Å²) >= 11 is 0. The standard InChI is InChI=1S/C14H19F2NO/c1-17-13(9-5-6-10-14(13,15)16)11-7-3-4-8-12(11)18-2/h3-4,7-8,17H,5-6,9-10H2,1-2H3/t13-/m1/s1. The smallest absolute Gasteiger partial charge is 0.270 e. The van der Waals surface area contributed by atoms with Gasteiger partial charge in [-0.3, -0.25) is 0 Å². The van der Waals surface area contributed by atoms with Crippen molar-refractivity contribution >= 4 is 0 Å². The van der Waals surface area contributed by atoms with Crippen molar-refractivity contribution in [1.82, 2.24) is 5.32 Å². The average Bonchev–Trinajstić information content (AvgIpc) is 2.39. The SMILES string of the molecule is CN[C@@]1(c2ccccc2OC)CCCCC1(F)F. The Kier molecular flexibility index (Phi) is 3.57. The van der Waals surface area contributed by atoms with E-state index < -0.39 is 11.5 Å². The van der Waals surface area contributed by atoms with E-state index in [2.05, 4.69) is 5.32 Å². The van der Waals surface area contributed by atoms with Gasteiger partial charge in [0.15, 0.2) is 0 Å². The summed E-state index contributed by atoms with van der Waals surface area (Å²) in [7, 11) is 3.12. The number of para-hydroxylation sites is 1. The molecular weight excluding hydrogens is 236 g/mol. The fourth-order valence-corrected chi connectivity index (χ4v) is 2.90. The van der Waals surface area contributed by atoms with Crippen LogP contribution in [0.4, 0.5) is 8.78 Å². The minimum atomic E-state index is -2.76. The molecule has 1 N–H and O–H groups in total. The molecule has 1 aromatic rings. The van der Waals surface area contributed by atoms with Crippen molar-refractivity contribution in [3.05, 3.63) is 29.8 Å². The van der Waals surface area contributed by atoms with Crippen LogP contribution in [0.15, 0.2) is 24.3 Å². The summed E-state index contributed by atoms with van der Waals surface area (Å²) in [5.74, 6) is -2.23. The first kappa shape index (κ1) is 13.3. The molecule has 0 unspecified atom stereocenters. The van der Waals surface area contributed by atoms with Gasteiger partial charge in [-0.05, 0) is 26.0 Å². The van der Waals surface area contributed by atoms with Crippen molar-refractivity contribution in [1.29, 1.82) is 0 Å². The quantitative estimate of drug-likeness (QED) is 0.894. The lowest BCUT2D eigenvalue weighted by atomic mass is 9.73. The van der Waals surface area contributed by atoms with Gasteiger partial charge in [0.1, 0.15) is 11.3 Å². The molecule has 0 radical (unpaired) electrons. The van der Waals surface area contributed by atoms with Crippen molar-refractivity contribution in [3.63, 3.8) is 0 Å². The highest BCUT2D eigenvalue weighted by molar-refractivity contribution is 5.41. The minimum absolute atomic E-state index is 0.0775. The van der Waals surface area contributed by atoms with Crippen molar-refractivity contribution in [2.24, 2.45) is 0 Å². The maximum atomic E-state index is 14.4. The monoisotopic (exact) mass is 255 g/mol. The molecule has 2 nitrogen and oxygen atoms in total. The van der Waals surface area contributed by atoms with Gasteiger partial charge in [-0.15, -0.1) is 0 Å². The third-order valence-corrected chi connectivity index (χ3v) is 3.91. The molecule has 1 aliphatic rings. The van der Waals surface area contributed by atoms with Gasteiger partial charge in [-0.2, -0.15) is 0 Å². The van der Waals surface area contributed by atoms with Crippen LogP contribution in [0.5, 0.6) is 5.75 Å². The number of nitrogens with one attached hydrogen (secondary N) is 1. The second-order valence-electron chi connectivity index (χ2n) is 4.77. The van der Waals surface area contributed by atoms with Gasteiger partial charge in [0, 0.05) is 12.0 Å². The molecule has 0 saturated heterocycles.